The fourth-order valence-corrected chi connectivity index (χ4v) is 2.70. The molecule has 1 saturated heterocycles. The van der Waals surface area contributed by atoms with E-state index in [0.29, 0.717) is 6.04 Å². The molecule has 1 aliphatic rings. The molecule has 0 saturated carbocycles. The van der Waals surface area contributed by atoms with E-state index >= 15 is 0 Å². The van der Waals surface area contributed by atoms with E-state index < -0.39 is 0 Å². The summed E-state index contributed by atoms with van der Waals surface area (Å²) in [7, 11) is 0. The molecule has 0 radical (unpaired) electrons. The Morgan fingerprint density at radius 2 is 2.39 bits per heavy atom. The van der Waals surface area contributed by atoms with Crippen molar-refractivity contribution in [2.45, 2.75) is 32.4 Å². The number of benzene rings is 1. The summed E-state index contributed by atoms with van der Waals surface area (Å²) in [5, 5.41) is 3.54. The smallest absolute Gasteiger partial charge is 0.0951 e. The first kappa shape index (κ1) is 11.5. The van der Waals surface area contributed by atoms with Crippen LogP contribution in [0.5, 0.6) is 0 Å². The van der Waals surface area contributed by atoms with Crippen molar-refractivity contribution < 1.29 is 0 Å². The minimum atomic E-state index is 0.484. The van der Waals surface area contributed by atoms with Gasteiger partial charge in [0, 0.05) is 18.8 Å². The van der Waals surface area contributed by atoms with Gasteiger partial charge in [-0.15, -0.1) is 0 Å². The van der Waals surface area contributed by atoms with Crippen molar-refractivity contribution in [2.75, 3.05) is 6.54 Å². The molecule has 0 aliphatic carbocycles. The van der Waals surface area contributed by atoms with Crippen LogP contribution in [-0.4, -0.2) is 16.1 Å². The van der Waals surface area contributed by atoms with Crippen LogP contribution in [0.1, 0.15) is 35.7 Å². The second-order valence-corrected chi connectivity index (χ2v) is 5.08. The Kier molecular flexibility index (Phi) is 3.15. The topological polar surface area (TPSA) is 29.9 Å². The van der Waals surface area contributed by atoms with Crippen LogP contribution in [0.4, 0.5) is 0 Å². The van der Waals surface area contributed by atoms with Crippen molar-refractivity contribution in [3.63, 3.8) is 0 Å². The fourth-order valence-electron chi connectivity index (χ4n) is 2.70. The van der Waals surface area contributed by atoms with E-state index in [-0.39, 0.29) is 0 Å². The van der Waals surface area contributed by atoms with Crippen molar-refractivity contribution in [1.82, 2.24) is 14.9 Å². The minimum absolute atomic E-state index is 0.484. The number of hydrogen-bond acceptors (Lipinski definition) is 2. The molecule has 0 amide bonds. The van der Waals surface area contributed by atoms with E-state index in [4.69, 9.17) is 0 Å². The van der Waals surface area contributed by atoms with Gasteiger partial charge < -0.3 is 9.88 Å². The summed E-state index contributed by atoms with van der Waals surface area (Å²) in [5.74, 6) is 0. The number of nitrogens with zero attached hydrogens (tertiary/aromatic N) is 2. The maximum Gasteiger partial charge on any atom is 0.0951 e. The van der Waals surface area contributed by atoms with Crippen LogP contribution >= 0.6 is 0 Å². The molecular formula is C15H19N3. The lowest BCUT2D eigenvalue weighted by molar-refractivity contribution is 0.584. The second kappa shape index (κ2) is 4.94. The van der Waals surface area contributed by atoms with E-state index in [0.717, 1.165) is 13.1 Å². The van der Waals surface area contributed by atoms with Gasteiger partial charge in [0.1, 0.15) is 0 Å². The van der Waals surface area contributed by atoms with E-state index in [1.807, 2.05) is 12.5 Å². The number of nitrogens with one attached hydrogen (secondary N) is 1. The van der Waals surface area contributed by atoms with Gasteiger partial charge in [-0.2, -0.15) is 0 Å². The molecule has 1 fully saturated rings. The van der Waals surface area contributed by atoms with E-state index in [1.54, 1.807) is 0 Å². The number of aromatic nitrogens is 2. The highest BCUT2D eigenvalue weighted by Crippen LogP contribution is 2.23. The molecule has 3 rings (SSSR count). The maximum atomic E-state index is 4.31. The molecule has 2 aromatic rings. The fraction of sp³-hybridized carbons (Fsp3) is 0.400. The van der Waals surface area contributed by atoms with Crippen molar-refractivity contribution in [3.8, 4) is 0 Å². The van der Waals surface area contributed by atoms with Gasteiger partial charge in [-0.1, -0.05) is 29.8 Å². The zero-order chi connectivity index (χ0) is 12.4. The lowest BCUT2D eigenvalue weighted by Crippen LogP contribution is -2.17. The van der Waals surface area contributed by atoms with Gasteiger partial charge in [-0.05, 0) is 31.9 Å². The predicted octanol–water partition coefficient (Wildman–Crippen LogP) is 2.66. The summed E-state index contributed by atoms with van der Waals surface area (Å²) < 4.78 is 2.26. The highest BCUT2D eigenvalue weighted by molar-refractivity contribution is 5.23. The summed E-state index contributed by atoms with van der Waals surface area (Å²) in [6.45, 7) is 4.17. The second-order valence-electron chi connectivity index (χ2n) is 5.08. The van der Waals surface area contributed by atoms with E-state index in [2.05, 4.69) is 46.1 Å². The molecule has 3 nitrogen and oxygen atoms in total. The molecule has 2 heterocycles. The first-order valence-electron chi connectivity index (χ1n) is 6.62. The summed E-state index contributed by atoms with van der Waals surface area (Å²) in [5.41, 5.74) is 3.97. The van der Waals surface area contributed by atoms with Gasteiger partial charge in [-0.3, -0.25) is 0 Å². The highest BCUT2D eigenvalue weighted by atomic mass is 15.1. The molecule has 94 valence electrons. The van der Waals surface area contributed by atoms with Crippen LogP contribution in [-0.2, 0) is 6.54 Å². The summed E-state index contributed by atoms with van der Waals surface area (Å²) in [6.07, 6.45) is 6.43. The Morgan fingerprint density at radius 1 is 1.44 bits per heavy atom. The molecule has 18 heavy (non-hydrogen) atoms. The molecule has 1 aromatic heterocycles. The first-order chi connectivity index (χ1) is 8.83. The average molecular weight is 241 g/mol. The van der Waals surface area contributed by atoms with Crippen LogP contribution in [0, 0.1) is 6.92 Å². The van der Waals surface area contributed by atoms with Crippen molar-refractivity contribution >= 4 is 0 Å². The zero-order valence-electron chi connectivity index (χ0n) is 10.8. The molecule has 1 aromatic carbocycles. The third-order valence-electron chi connectivity index (χ3n) is 3.60. The Hall–Kier alpha value is -1.61. The van der Waals surface area contributed by atoms with Gasteiger partial charge in [0.05, 0.1) is 12.0 Å². The average Bonchev–Trinajstić information content (AvgIpc) is 2.98. The zero-order valence-corrected chi connectivity index (χ0v) is 10.8. The highest BCUT2D eigenvalue weighted by Gasteiger charge is 2.19. The van der Waals surface area contributed by atoms with Crippen molar-refractivity contribution in [2.24, 2.45) is 0 Å². The first-order valence-corrected chi connectivity index (χ1v) is 6.62. The largest absolute Gasteiger partial charge is 0.329 e. The third-order valence-corrected chi connectivity index (χ3v) is 3.60. The Balaban J connectivity index is 1.82. The number of imidazole rings is 1. The van der Waals surface area contributed by atoms with Gasteiger partial charge in [0.2, 0.25) is 0 Å². The quantitative estimate of drug-likeness (QED) is 0.895. The van der Waals surface area contributed by atoms with Crippen molar-refractivity contribution in [1.29, 1.82) is 0 Å². The minimum Gasteiger partial charge on any atom is -0.329 e. The van der Waals surface area contributed by atoms with Gasteiger partial charge >= 0.3 is 0 Å². The maximum absolute atomic E-state index is 4.31. The molecule has 1 atom stereocenters. The molecule has 1 N–H and O–H groups in total. The summed E-state index contributed by atoms with van der Waals surface area (Å²) in [4.78, 5) is 4.31. The Bertz CT molecular complexity index is 524. The molecular weight excluding hydrogens is 222 g/mol. The van der Waals surface area contributed by atoms with Crippen LogP contribution in [0.15, 0.2) is 36.8 Å². The number of hydrogen-bond donors (Lipinski definition) is 1. The lowest BCUT2D eigenvalue weighted by atomic mass is 10.1. The SMILES string of the molecule is Cc1cccc(Cn2cncc2C2CCCN2)c1. The summed E-state index contributed by atoms with van der Waals surface area (Å²) in [6, 6.07) is 9.16. The van der Waals surface area contributed by atoms with Crippen LogP contribution < -0.4 is 5.32 Å². The van der Waals surface area contributed by atoms with Gasteiger partial charge in [-0.25, -0.2) is 4.98 Å². The van der Waals surface area contributed by atoms with E-state index in [1.165, 1.54) is 29.7 Å². The molecule has 0 spiro atoms. The lowest BCUT2D eigenvalue weighted by Gasteiger charge is -2.14. The molecule has 0 bridgehead atoms. The summed E-state index contributed by atoms with van der Waals surface area (Å²) >= 11 is 0. The number of aryl methyl sites for hydroxylation is 1. The Labute approximate surface area is 108 Å². The van der Waals surface area contributed by atoms with Crippen molar-refractivity contribution in [3.05, 3.63) is 53.6 Å². The Morgan fingerprint density at radius 3 is 3.17 bits per heavy atom. The molecule has 1 aliphatic heterocycles. The monoisotopic (exact) mass is 241 g/mol. The van der Waals surface area contributed by atoms with Crippen LogP contribution in [0.25, 0.3) is 0 Å². The molecule has 3 heteroatoms. The van der Waals surface area contributed by atoms with Crippen LogP contribution in [0.3, 0.4) is 0 Å². The third kappa shape index (κ3) is 2.31. The van der Waals surface area contributed by atoms with Gasteiger partial charge in [0.25, 0.3) is 0 Å². The van der Waals surface area contributed by atoms with Gasteiger partial charge in [0.15, 0.2) is 0 Å². The predicted molar refractivity (Wildman–Crippen MR) is 72.5 cm³/mol. The van der Waals surface area contributed by atoms with Crippen LogP contribution in [0.2, 0.25) is 0 Å². The number of rotatable bonds is 3. The normalized spacial score (nSPS) is 19.3. The van der Waals surface area contributed by atoms with E-state index in [9.17, 15) is 0 Å². The standard InChI is InChI=1S/C15H19N3/c1-12-4-2-5-13(8-12)10-18-11-16-9-15(18)14-6-3-7-17-14/h2,4-5,8-9,11,14,17H,3,6-7,10H2,1H3. The molecule has 1 unspecified atom stereocenters.